The summed E-state index contributed by atoms with van der Waals surface area (Å²) < 4.78 is 32.3. The van der Waals surface area contributed by atoms with Crippen molar-refractivity contribution in [1.29, 1.82) is 0 Å². The van der Waals surface area contributed by atoms with E-state index in [4.69, 9.17) is 26.5 Å². The Morgan fingerprint density at radius 1 is 0.560 bits per heavy atom. The second kappa shape index (κ2) is 46.0. The highest BCUT2D eigenvalue weighted by atomic mass is 19.1. The van der Waals surface area contributed by atoms with Gasteiger partial charge in [-0.2, -0.15) is 0 Å². The predicted molar refractivity (Wildman–Crippen MR) is 542 cm³/mol. The lowest BCUT2D eigenvalue weighted by molar-refractivity contribution is -0.156. The molecule has 758 valence electrons. The molecular weight excluding hydrogens is 1800 g/mol. The van der Waals surface area contributed by atoms with Crippen LogP contribution in [-0.4, -0.2) is 310 Å². The highest BCUT2D eigenvalue weighted by Gasteiger charge is 2.44. The number of nitrogens with zero attached hydrogens (tertiary/aromatic N) is 14. The molecule has 6 saturated heterocycles. The minimum Gasteiger partial charge on any atom is -0.508 e. The first-order valence-electron chi connectivity index (χ1n) is 50.1. The Kier molecular flexibility index (Phi) is 34.0. The van der Waals surface area contributed by atoms with Gasteiger partial charge in [-0.05, 0) is 227 Å². The van der Waals surface area contributed by atoms with Gasteiger partial charge < -0.3 is 84.2 Å². The summed E-state index contributed by atoms with van der Waals surface area (Å²) >= 11 is 0. The normalized spacial score (nSPS) is 21.4. The van der Waals surface area contributed by atoms with Crippen LogP contribution in [-0.2, 0) is 96.2 Å². The van der Waals surface area contributed by atoms with Gasteiger partial charge in [0.1, 0.15) is 53.3 Å². The molecule has 8 atom stereocenters. The molecule has 8 aliphatic heterocycles. The maximum absolute atomic E-state index is 14.7. The van der Waals surface area contributed by atoms with Crippen LogP contribution < -0.4 is 31.7 Å². The fraction of sp³-hybridized carbons (Fsp3) is 0.514. The molecule has 0 spiro atoms. The molecule has 0 unspecified atom stereocenters. The summed E-state index contributed by atoms with van der Waals surface area (Å²) in [5, 5.41) is 39.4. The molecule has 4 aromatic carbocycles. The summed E-state index contributed by atoms with van der Waals surface area (Å²) in [6, 6.07) is 26.8. The number of aryl methyl sites for hydroxylation is 2. The third kappa shape index (κ3) is 24.6. The number of hydrogen-bond donors (Lipinski definition) is 7. The molecule has 8 N–H and O–H groups in total. The van der Waals surface area contributed by atoms with Gasteiger partial charge in [0, 0.05) is 181 Å². The first-order valence-corrected chi connectivity index (χ1v) is 49.4. The number of piperazine rings is 2. The van der Waals surface area contributed by atoms with E-state index >= 15 is 0 Å². The number of alkyl halides is 1. The van der Waals surface area contributed by atoms with E-state index in [0.717, 1.165) is 154 Å². The number of cyclic esters (lactones) is 2. The van der Waals surface area contributed by atoms with E-state index < -0.39 is 83.9 Å². The Hall–Kier alpha value is -12.6. The summed E-state index contributed by atoms with van der Waals surface area (Å²) in [4.78, 5) is 157. The number of aromatic hydroxyl groups is 2. The van der Waals surface area contributed by atoms with Crippen molar-refractivity contribution in [2.75, 3.05) is 150 Å². The average molecular weight is 1940 g/mol. The number of phenols is 2. The Bertz CT molecular complexity index is 5930. The number of anilines is 2. The number of ether oxygens (including phenoxy) is 2. The number of fused-ring (bicyclic) bond motifs is 12. The van der Waals surface area contributed by atoms with E-state index in [-0.39, 0.29) is 104 Å². The Morgan fingerprint density at radius 3 is 1.35 bits per heavy atom. The minimum absolute atomic E-state index is 0.000877. The zero-order chi connectivity index (χ0) is 103. The molecule has 34 heteroatoms. The van der Waals surface area contributed by atoms with Crippen LogP contribution >= 0.6 is 0 Å². The number of aliphatic carboxylic acids is 1. The second-order valence-corrected chi connectivity index (χ2v) is 40.9. The molecule has 6 fully saturated rings. The van der Waals surface area contributed by atoms with Crippen molar-refractivity contribution in [3.05, 3.63) is 157 Å². The van der Waals surface area contributed by atoms with Gasteiger partial charge >= 0.3 is 17.9 Å². The van der Waals surface area contributed by atoms with Crippen molar-refractivity contribution in [2.24, 2.45) is 40.2 Å². The number of carbonyl (C=O) groups is 10. The molecule has 12 bridgehead atoms. The number of amides is 7. The molecule has 7 amide bonds. The van der Waals surface area contributed by atoms with Crippen LogP contribution in [0.4, 0.5) is 16.0 Å². The lowest BCUT2D eigenvalue weighted by atomic mass is 9.84. The topological polar surface area (TPSA) is 380 Å². The highest BCUT2D eigenvalue weighted by molar-refractivity contribution is 5.99. The van der Waals surface area contributed by atoms with Crippen molar-refractivity contribution in [2.45, 2.75) is 183 Å². The van der Waals surface area contributed by atoms with Crippen LogP contribution in [0.5, 0.6) is 11.5 Å². The number of nitrogens with two attached hydrogens (primary N) is 1. The SMILES string of the molecule is C=CC(=O)N1CC[C@H](C(=O)N(C)[C@H](C(=O)N[C@H]2Cc3cc(O)cc(c3)-c3ccc4c(c3)c(c(-c3ccc(N5CCN(C)CC5)nc3)n4CC)CC(C)(C)COC(=O)[C@@H]3CCCN(N3)C2=O)C(C)C)C1.C=CC(=O)N1CC[C@H](C(=O)N(C)[C@H](C(=O)O)C(C)C)C1.CCn1c(-c2ccc(N3CCN(C)CC3)nc2)c2c3cc(ccc31)-c1cc(O)cc(c1)C[C@H](N)C(=O)N1CCC[C@H](N1)C(=O)OCC(C)(C)C2.[2H]CF. The zero-order valence-corrected chi connectivity index (χ0v) is 84.2. The number of carboxylic acids is 1. The lowest BCUT2D eigenvalue weighted by Crippen LogP contribution is -2.62. The van der Waals surface area contributed by atoms with Gasteiger partial charge in [-0.3, -0.25) is 57.6 Å². The number of halogens is 1. The van der Waals surface area contributed by atoms with Crippen molar-refractivity contribution in [1.82, 2.24) is 74.7 Å². The van der Waals surface area contributed by atoms with Gasteiger partial charge in [0.15, 0.2) is 0 Å². The molecule has 8 aromatic rings. The van der Waals surface area contributed by atoms with Crippen molar-refractivity contribution < 1.29 is 78.5 Å². The fourth-order valence-electron chi connectivity index (χ4n) is 21.0. The molecule has 8 aliphatic rings. The maximum atomic E-state index is 14.7. The summed E-state index contributed by atoms with van der Waals surface area (Å²) in [5.74, 6) is -3.34. The molecule has 4 aromatic heterocycles. The summed E-state index contributed by atoms with van der Waals surface area (Å²) in [5.41, 5.74) is 25.0. The molecule has 33 nitrogen and oxygen atoms in total. The van der Waals surface area contributed by atoms with Crippen LogP contribution in [0.15, 0.2) is 135 Å². The van der Waals surface area contributed by atoms with Crippen molar-refractivity contribution in [3.63, 3.8) is 0 Å². The van der Waals surface area contributed by atoms with Gasteiger partial charge in [0.2, 0.25) is 29.5 Å². The van der Waals surface area contributed by atoms with E-state index in [1.54, 1.807) is 55.0 Å². The highest BCUT2D eigenvalue weighted by Crippen LogP contribution is 2.44. The summed E-state index contributed by atoms with van der Waals surface area (Å²) in [6.07, 6.45) is 11.1. The average Bonchev–Trinajstić information content (AvgIpc) is 1.60. The standard InChI is InChI=1S/C53H69N9O7.C39H49N7O4.C14H22N2O4.CH3F/c1-9-46(64)60-19-17-37(31-60)50(66)58(8)47(33(3)4)49(65)55-43-26-34-24-38(27-39(63)25-34)35-13-15-44-40(28-35)41(29-53(5,6)32-69-52(68)42-12-11-18-62(56-42)51(43)67)48(61(44)10-2)36-14-16-45(54-30-36)59-22-20-57(7)21-23-59;1-5-45-34-10-8-26-21-30(34)31(36(45)27-9-11-35(41-23-27)44-15-13-43(4)14-16-44)22-39(2,3)24-50-38(49)33-7-6-12-46(42-33)37(48)32(40)19-25-17-28(26)20-29(47)18-25;1-5-11(17)16-7-6-10(8-16)13(18)15(4)12(9(2)3)14(19)20;1-2/h9,13-16,24-25,27-28,30,33,37,42-43,47,56,63H,1,10-12,17-23,26,29,31-32H2,2-8H3,(H,55,65);8-11,17-18,20-21,23,32-33,42,47H,5-7,12-16,19,22,24,40H2,1-4H3;5,9-10,12H,1,6-8H2,2-4H3,(H,19,20);1H3/t37-,42-,43-,47-;32-,33-;10-,12-;/m000./s1/i;;;1D. The number of likely N-dealkylation sites (tertiary alicyclic amines) is 2. The monoisotopic (exact) mass is 1940 g/mol. The van der Waals surface area contributed by atoms with Crippen LogP contribution in [0.25, 0.3) is 66.6 Å². The molecule has 141 heavy (non-hydrogen) atoms. The third-order valence-electron chi connectivity index (χ3n) is 28.5. The smallest absolute Gasteiger partial charge is 0.326 e. The third-order valence-corrected chi connectivity index (χ3v) is 28.5. The molecular formula is C107H143FN18O15. The number of likely N-dealkylation sites (N-methyl/N-ethyl adjacent to an activating group) is 4. The van der Waals surface area contributed by atoms with E-state index in [1.807, 2.05) is 44.4 Å². The molecule has 0 radical (unpaired) electrons. The number of benzene rings is 4. The van der Waals surface area contributed by atoms with E-state index in [0.29, 0.717) is 89.7 Å². The van der Waals surface area contributed by atoms with Crippen LogP contribution in [0, 0.1) is 34.5 Å². The number of carbonyl (C=O) groups excluding carboxylic acids is 9. The zero-order valence-electron chi connectivity index (χ0n) is 85.2. The number of pyridine rings is 2. The van der Waals surface area contributed by atoms with E-state index in [1.165, 1.54) is 39.0 Å². The number of hydrogen-bond acceptors (Lipinski definition) is 23. The molecule has 0 saturated carbocycles. The Balaban J connectivity index is 0.000000201. The number of nitrogens with one attached hydrogen (secondary N) is 3. The Labute approximate surface area is 827 Å². The Morgan fingerprint density at radius 2 is 0.965 bits per heavy atom. The number of esters is 2. The number of phenolic OH excluding ortho intramolecular Hbond substituents is 2. The second-order valence-electron chi connectivity index (χ2n) is 40.9. The number of hydrazine groups is 2. The van der Waals surface area contributed by atoms with Gasteiger partial charge in [-0.1, -0.05) is 92.8 Å². The summed E-state index contributed by atoms with van der Waals surface area (Å²) in [7, 11) is 6.39. The van der Waals surface area contributed by atoms with Crippen molar-refractivity contribution in [3.8, 4) is 56.3 Å². The van der Waals surface area contributed by atoms with Gasteiger partial charge in [-0.25, -0.2) is 25.6 Å². The van der Waals surface area contributed by atoms with Crippen molar-refractivity contribution >= 4 is 92.7 Å². The molecule has 16 rings (SSSR count). The van der Waals surface area contributed by atoms with Gasteiger partial charge in [0.05, 0.1) is 51.0 Å². The number of carboxylic acid groups (broad SMARTS) is 1. The quantitative estimate of drug-likeness (QED) is 0.0329. The van der Waals surface area contributed by atoms with Crippen LogP contribution in [0.2, 0.25) is 0 Å². The predicted octanol–water partition coefficient (Wildman–Crippen LogP) is 10.5. The van der Waals surface area contributed by atoms with Gasteiger partial charge in [-0.15, -0.1) is 0 Å². The summed E-state index contributed by atoms with van der Waals surface area (Å²) in [6.45, 7) is 38.7. The number of aromatic nitrogens is 4. The van der Waals surface area contributed by atoms with Gasteiger partial charge in [0.25, 0.3) is 11.8 Å². The molecule has 0 aliphatic carbocycles. The lowest BCUT2D eigenvalue weighted by Gasteiger charge is -2.37. The number of rotatable bonds is 17. The van der Waals surface area contributed by atoms with Crippen LogP contribution in [0.1, 0.15) is 131 Å². The largest absolute Gasteiger partial charge is 0.508 e. The first-order chi connectivity index (χ1) is 67.6. The van der Waals surface area contributed by atoms with E-state index in [9.17, 15) is 67.7 Å². The maximum Gasteiger partial charge on any atom is 0.326 e. The minimum atomic E-state index is -1.16. The van der Waals surface area contributed by atoms with E-state index in [2.05, 4.69) is 168 Å². The first kappa shape index (κ1) is 104. The fourth-order valence-corrected chi connectivity index (χ4v) is 21.0. The van der Waals surface area contributed by atoms with Crippen LogP contribution in [0.3, 0.4) is 0 Å². The molecule has 12 heterocycles.